The van der Waals surface area contributed by atoms with Crippen LogP contribution in [0.1, 0.15) is 18.1 Å². The third kappa shape index (κ3) is 3.97. The van der Waals surface area contributed by atoms with Gasteiger partial charge in [0.2, 0.25) is 0 Å². The Morgan fingerprint density at radius 3 is 2.76 bits per heavy atom. The van der Waals surface area contributed by atoms with Gasteiger partial charge in [0.25, 0.3) is 0 Å². The number of rotatable bonds is 5. The van der Waals surface area contributed by atoms with Crippen molar-refractivity contribution in [2.45, 2.75) is 13.5 Å². The molecule has 0 unspecified atom stereocenters. The van der Waals surface area contributed by atoms with Crippen LogP contribution in [-0.4, -0.2) is 23.0 Å². The summed E-state index contributed by atoms with van der Waals surface area (Å²) in [6.45, 7) is 2.29. The lowest BCUT2D eigenvalue weighted by Gasteiger charge is -2.08. The van der Waals surface area contributed by atoms with Crippen molar-refractivity contribution in [2.24, 2.45) is 4.99 Å². The predicted octanol–water partition coefficient (Wildman–Crippen LogP) is 3.69. The van der Waals surface area contributed by atoms with Gasteiger partial charge >= 0.3 is 0 Å². The largest absolute Gasteiger partial charge is 0.507 e. The molecule has 0 radical (unpaired) electrons. The maximum atomic E-state index is 9.72. The molecule has 21 heavy (non-hydrogen) atoms. The van der Waals surface area contributed by atoms with Gasteiger partial charge in [-0.3, -0.25) is 4.99 Å². The second-order valence-corrected chi connectivity index (χ2v) is 4.78. The Hall–Kier alpha value is -2.04. The van der Waals surface area contributed by atoms with Crippen LogP contribution in [0.2, 0.25) is 5.02 Å². The summed E-state index contributed by atoms with van der Waals surface area (Å²) in [6, 6.07) is 10.0. The first-order chi connectivity index (χ1) is 10.1. The van der Waals surface area contributed by atoms with Crippen LogP contribution in [0.15, 0.2) is 41.4 Å². The molecule has 0 aromatic heterocycles. The molecular weight excluding hydrogens is 290 g/mol. The summed E-state index contributed by atoms with van der Waals surface area (Å²) in [5.74, 6) is 0.751. The number of aliphatic hydroxyl groups is 1. The van der Waals surface area contributed by atoms with Gasteiger partial charge in [-0.15, -0.1) is 0 Å². The van der Waals surface area contributed by atoms with E-state index in [1.165, 1.54) is 12.3 Å². The zero-order valence-electron chi connectivity index (χ0n) is 11.6. The second kappa shape index (κ2) is 7.11. The average Bonchev–Trinajstić information content (AvgIpc) is 2.49. The Bertz CT molecular complexity index is 656. The maximum Gasteiger partial charge on any atom is 0.124 e. The molecule has 0 saturated carbocycles. The minimum absolute atomic E-state index is 0.108. The minimum atomic E-state index is -0.124. The van der Waals surface area contributed by atoms with Gasteiger partial charge in [-0.05, 0) is 43.3 Å². The van der Waals surface area contributed by atoms with Gasteiger partial charge in [0.1, 0.15) is 11.5 Å². The highest BCUT2D eigenvalue weighted by atomic mass is 35.5. The van der Waals surface area contributed by atoms with E-state index >= 15 is 0 Å². The normalized spacial score (nSPS) is 11.0. The predicted molar refractivity (Wildman–Crippen MR) is 83.9 cm³/mol. The molecule has 0 bridgehead atoms. The van der Waals surface area contributed by atoms with Gasteiger partial charge in [-0.25, -0.2) is 0 Å². The van der Waals surface area contributed by atoms with Crippen LogP contribution in [0.25, 0.3) is 0 Å². The SMILES string of the molecule is CCOc1ccc(N=Cc2cc(Cl)ccc2O)cc1CO. The number of aromatic hydroxyl groups is 1. The van der Waals surface area contributed by atoms with Crippen LogP contribution in [-0.2, 0) is 6.61 Å². The van der Waals surface area contributed by atoms with Crippen molar-refractivity contribution in [3.8, 4) is 11.5 Å². The van der Waals surface area contributed by atoms with Crippen molar-refractivity contribution in [3.63, 3.8) is 0 Å². The molecule has 0 atom stereocenters. The Morgan fingerprint density at radius 2 is 2.05 bits per heavy atom. The smallest absolute Gasteiger partial charge is 0.124 e. The number of halogens is 1. The van der Waals surface area contributed by atoms with Crippen LogP contribution >= 0.6 is 11.6 Å². The summed E-state index contributed by atoms with van der Waals surface area (Å²) in [4.78, 5) is 4.28. The van der Waals surface area contributed by atoms with E-state index in [1.54, 1.807) is 30.3 Å². The van der Waals surface area contributed by atoms with Gasteiger partial charge in [-0.1, -0.05) is 11.6 Å². The fourth-order valence-electron chi connectivity index (χ4n) is 1.84. The Kier molecular flexibility index (Phi) is 5.20. The maximum absolute atomic E-state index is 9.72. The van der Waals surface area contributed by atoms with Gasteiger partial charge in [0.05, 0.1) is 18.9 Å². The summed E-state index contributed by atoms with van der Waals surface area (Å²) in [7, 11) is 0. The zero-order valence-corrected chi connectivity index (χ0v) is 12.3. The number of benzene rings is 2. The standard InChI is InChI=1S/C16H16ClNO3/c1-2-21-16-6-4-14(8-12(16)10-19)18-9-11-7-13(17)3-5-15(11)20/h3-9,19-20H,2,10H2,1H3. The number of phenols is 1. The number of aliphatic imine (C=N–C) groups is 1. The second-order valence-electron chi connectivity index (χ2n) is 4.34. The van der Waals surface area contributed by atoms with E-state index in [0.717, 1.165) is 0 Å². The summed E-state index contributed by atoms with van der Waals surface area (Å²) in [6.07, 6.45) is 1.53. The van der Waals surface area contributed by atoms with Crippen LogP contribution in [0, 0.1) is 0 Å². The van der Waals surface area contributed by atoms with Crippen molar-refractivity contribution < 1.29 is 14.9 Å². The first-order valence-electron chi connectivity index (χ1n) is 6.53. The highest BCUT2D eigenvalue weighted by molar-refractivity contribution is 6.30. The van der Waals surface area contributed by atoms with Gasteiger partial charge in [0, 0.05) is 22.4 Å². The molecule has 0 aliphatic carbocycles. The minimum Gasteiger partial charge on any atom is -0.507 e. The van der Waals surface area contributed by atoms with E-state index in [0.29, 0.717) is 34.2 Å². The molecule has 110 valence electrons. The summed E-state index contributed by atoms with van der Waals surface area (Å²) < 4.78 is 5.41. The van der Waals surface area contributed by atoms with Crippen molar-refractivity contribution in [3.05, 3.63) is 52.5 Å². The number of ether oxygens (including phenoxy) is 1. The molecule has 0 spiro atoms. The summed E-state index contributed by atoms with van der Waals surface area (Å²) >= 11 is 5.88. The highest BCUT2D eigenvalue weighted by Gasteiger charge is 2.04. The van der Waals surface area contributed by atoms with Gasteiger partial charge in [0.15, 0.2) is 0 Å². The Labute approximate surface area is 128 Å². The van der Waals surface area contributed by atoms with Crippen LogP contribution in [0.4, 0.5) is 5.69 Å². The van der Waals surface area contributed by atoms with Crippen molar-refractivity contribution in [2.75, 3.05) is 6.61 Å². The monoisotopic (exact) mass is 305 g/mol. The molecule has 2 aromatic rings. The summed E-state index contributed by atoms with van der Waals surface area (Å²) in [5, 5.41) is 19.6. The molecule has 0 fully saturated rings. The third-order valence-corrected chi connectivity index (χ3v) is 3.09. The number of aliphatic hydroxyl groups excluding tert-OH is 1. The fraction of sp³-hybridized carbons (Fsp3) is 0.188. The van der Waals surface area contributed by atoms with E-state index in [1.807, 2.05) is 6.92 Å². The number of hydrogen-bond donors (Lipinski definition) is 2. The van der Waals surface area contributed by atoms with Crippen molar-refractivity contribution in [1.82, 2.24) is 0 Å². The topological polar surface area (TPSA) is 62.0 Å². The van der Waals surface area contributed by atoms with E-state index in [-0.39, 0.29) is 12.4 Å². The molecule has 0 amide bonds. The average molecular weight is 306 g/mol. The quantitative estimate of drug-likeness (QED) is 0.828. The van der Waals surface area contributed by atoms with E-state index in [9.17, 15) is 10.2 Å². The number of phenolic OH excluding ortho intramolecular Hbond substituents is 1. The molecule has 0 saturated heterocycles. The molecule has 2 N–H and O–H groups in total. The summed E-state index contributed by atoms with van der Waals surface area (Å²) in [5.41, 5.74) is 1.85. The molecule has 0 heterocycles. The lowest BCUT2D eigenvalue weighted by Crippen LogP contribution is -1.96. The molecule has 2 rings (SSSR count). The molecule has 0 aliphatic heterocycles. The fourth-order valence-corrected chi connectivity index (χ4v) is 2.02. The van der Waals surface area contributed by atoms with Crippen LogP contribution in [0.3, 0.4) is 0 Å². The van der Waals surface area contributed by atoms with E-state index in [4.69, 9.17) is 16.3 Å². The zero-order chi connectivity index (χ0) is 15.2. The highest BCUT2D eigenvalue weighted by Crippen LogP contribution is 2.25. The van der Waals surface area contributed by atoms with E-state index < -0.39 is 0 Å². The van der Waals surface area contributed by atoms with Gasteiger partial charge in [-0.2, -0.15) is 0 Å². The molecule has 0 aliphatic rings. The molecular formula is C16H16ClNO3. The van der Waals surface area contributed by atoms with Crippen molar-refractivity contribution in [1.29, 1.82) is 0 Å². The Morgan fingerprint density at radius 1 is 1.24 bits per heavy atom. The van der Waals surface area contributed by atoms with Gasteiger partial charge < -0.3 is 14.9 Å². The molecule has 5 heteroatoms. The number of nitrogens with zero attached hydrogens (tertiary/aromatic N) is 1. The molecule has 2 aromatic carbocycles. The Balaban J connectivity index is 2.26. The van der Waals surface area contributed by atoms with E-state index in [2.05, 4.69) is 4.99 Å². The number of hydrogen-bond acceptors (Lipinski definition) is 4. The third-order valence-electron chi connectivity index (χ3n) is 2.86. The molecule has 4 nitrogen and oxygen atoms in total. The lowest BCUT2D eigenvalue weighted by molar-refractivity contribution is 0.267. The van der Waals surface area contributed by atoms with Crippen LogP contribution < -0.4 is 4.74 Å². The van der Waals surface area contributed by atoms with Crippen molar-refractivity contribution >= 4 is 23.5 Å². The van der Waals surface area contributed by atoms with Crippen LogP contribution in [0.5, 0.6) is 11.5 Å². The first-order valence-corrected chi connectivity index (χ1v) is 6.91. The first kappa shape index (κ1) is 15.4. The lowest BCUT2D eigenvalue weighted by atomic mass is 10.2.